The van der Waals surface area contributed by atoms with Crippen LogP contribution in [0.5, 0.6) is 0 Å². The molecule has 0 aromatic heterocycles. The van der Waals surface area contributed by atoms with Gasteiger partial charge in [0.1, 0.15) is 0 Å². The first-order valence-corrected chi connectivity index (χ1v) is 14.8. The molecule has 0 bridgehead atoms. The molecule has 0 unspecified atom stereocenters. The number of hydrogen-bond donors (Lipinski definition) is 0. The summed E-state index contributed by atoms with van der Waals surface area (Å²) >= 11 is 0. The van der Waals surface area contributed by atoms with Crippen molar-refractivity contribution < 1.29 is 0 Å². The third-order valence-electron chi connectivity index (χ3n) is 7.97. The maximum atomic E-state index is 4.08. The molecule has 0 atom stereocenters. The second-order valence-corrected chi connectivity index (χ2v) is 10.6. The van der Waals surface area contributed by atoms with Crippen LogP contribution in [0.1, 0.15) is 24.5 Å². The number of allylic oxidation sites excluding steroid dienone is 6. The van der Waals surface area contributed by atoms with Crippen molar-refractivity contribution in [2.75, 3.05) is 16.8 Å². The second kappa shape index (κ2) is 12.7. The van der Waals surface area contributed by atoms with Crippen LogP contribution in [0, 0.1) is 0 Å². The van der Waals surface area contributed by atoms with Gasteiger partial charge >= 0.3 is 0 Å². The fourth-order valence-electron chi connectivity index (χ4n) is 5.73. The number of benzene rings is 5. The van der Waals surface area contributed by atoms with E-state index >= 15 is 0 Å². The van der Waals surface area contributed by atoms with Gasteiger partial charge in [0.2, 0.25) is 0 Å². The van der Waals surface area contributed by atoms with Crippen LogP contribution in [0.3, 0.4) is 0 Å². The Morgan fingerprint density at radius 2 is 1.30 bits per heavy atom. The molecule has 0 heterocycles. The lowest BCUT2D eigenvalue weighted by atomic mass is 9.96. The number of anilines is 4. The molecule has 43 heavy (non-hydrogen) atoms. The van der Waals surface area contributed by atoms with Gasteiger partial charge in [0.15, 0.2) is 0 Å². The van der Waals surface area contributed by atoms with Gasteiger partial charge < -0.3 is 9.80 Å². The van der Waals surface area contributed by atoms with Gasteiger partial charge in [-0.3, -0.25) is 0 Å². The summed E-state index contributed by atoms with van der Waals surface area (Å²) in [5.41, 5.74) is 10.5. The number of para-hydroxylation sites is 1. The minimum absolute atomic E-state index is 0.948. The Labute approximate surface area is 255 Å². The minimum Gasteiger partial charge on any atom is -0.344 e. The van der Waals surface area contributed by atoms with Crippen LogP contribution in [-0.4, -0.2) is 7.05 Å². The quantitative estimate of drug-likeness (QED) is 0.175. The summed E-state index contributed by atoms with van der Waals surface area (Å²) in [5, 5.41) is 2.55. The Balaban J connectivity index is 1.31. The number of rotatable bonds is 8. The largest absolute Gasteiger partial charge is 0.344 e. The molecule has 210 valence electrons. The van der Waals surface area contributed by atoms with Crippen LogP contribution in [0.4, 0.5) is 22.7 Å². The van der Waals surface area contributed by atoms with Gasteiger partial charge in [-0.2, -0.15) is 0 Å². The van der Waals surface area contributed by atoms with E-state index in [1.54, 1.807) is 0 Å². The molecule has 0 radical (unpaired) electrons. The molecule has 5 aromatic carbocycles. The zero-order chi connectivity index (χ0) is 29.6. The Kier molecular flexibility index (Phi) is 8.19. The first-order valence-electron chi connectivity index (χ1n) is 14.8. The van der Waals surface area contributed by atoms with Crippen molar-refractivity contribution in [2.45, 2.75) is 13.3 Å². The third kappa shape index (κ3) is 5.73. The highest BCUT2D eigenvalue weighted by atomic mass is 15.1. The van der Waals surface area contributed by atoms with Crippen molar-refractivity contribution >= 4 is 45.7 Å². The number of nitrogens with zero attached hydrogens (tertiary/aromatic N) is 2. The van der Waals surface area contributed by atoms with E-state index in [1.165, 1.54) is 38.7 Å². The van der Waals surface area contributed by atoms with Crippen molar-refractivity contribution in [2.24, 2.45) is 0 Å². The summed E-state index contributed by atoms with van der Waals surface area (Å²) in [5.74, 6) is 0. The summed E-state index contributed by atoms with van der Waals surface area (Å²) in [4.78, 5) is 4.53. The molecule has 2 nitrogen and oxygen atoms in total. The maximum Gasteiger partial charge on any atom is 0.0494 e. The molecule has 0 amide bonds. The molecule has 0 N–H and O–H groups in total. The smallest absolute Gasteiger partial charge is 0.0494 e. The number of fused-ring (bicyclic) bond motifs is 3. The summed E-state index contributed by atoms with van der Waals surface area (Å²) in [7, 11) is 2.16. The van der Waals surface area contributed by atoms with E-state index in [2.05, 4.69) is 157 Å². The van der Waals surface area contributed by atoms with Crippen molar-refractivity contribution in [3.63, 3.8) is 0 Å². The Morgan fingerprint density at radius 3 is 1.98 bits per heavy atom. The SMILES string of the molecule is C=C/C(=C\C=C/C)N(c1ccccc1)c1ccc(-c2ccc(N(C)c3cc4ccccc4c4c3C=CCC=C4)cc2)cc1. The van der Waals surface area contributed by atoms with Crippen molar-refractivity contribution in [1.29, 1.82) is 0 Å². The molecule has 1 aliphatic rings. The lowest BCUT2D eigenvalue weighted by Gasteiger charge is -2.26. The molecule has 1 aliphatic carbocycles. The molecule has 5 aromatic rings. The fourth-order valence-corrected chi connectivity index (χ4v) is 5.73. The summed E-state index contributed by atoms with van der Waals surface area (Å²) < 4.78 is 0. The lowest BCUT2D eigenvalue weighted by molar-refractivity contribution is 1.21. The predicted octanol–water partition coefficient (Wildman–Crippen LogP) is 11.5. The van der Waals surface area contributed by atoms with E-state index in [1.807, 2.05) is 31.2 Å². The van der Waals surface area contributed by atoms with E-state index in [9.17, 15) is 0 Å². The van der Waals surface area contributed by atoms with E-state index in [0.717, 1.165) is 29.2 Å². The van der Waals surface area contributed by atoms with Crippen LogP contribution in [0.2, 0.25) is 0 Å². The van der Waals surface area contributed by atoms with Gasteiger partial charge in [-0.15, -0.1) is 0 Å². The van der Waals surface area contributed by atoms with E-state index in [4.69, 9.17) is 0 Å². The highest BCUT2D eigenvalue weighted by Crippen LogP contribution is 2.38. The summed E-state index contributed by atoms with van der Waals surface area (Å²) in [6.07, 6.45) is 18.0. The van der Waals surface area contributed by atoms with E-state index in [0.29, 0.717) is 0 Å². The average molecular weight is 557 g/mol. The van der Waals surface area contributed by atoms with Crippen LogP contribution in [0.15, 0.2) is 158 Å². The highest BCUT2D eigenvalue weighted by molar-refractivity contribution is 6.00. The van der Waals surface area contributed by atoms with Gasteiger partial charge in [-0.25, -0.2) is 0 Å². The maximum absolute atomic E-state index is 4.08. The van der Waals surface area contributed by atoms with Gasteiger partial charge in [0.25, 0.3) is 0 Å². The van der Waals surface area contributed by atoms with E-state index in [-0.39, 0.29) is 0 Å². The predicted molar refractivity (Wildman–Crippen MR) is 188 cm³/mol. The Bertz CT molecular complexity index is 1850. The standard InChI is InChI=1S/C41H36N2/c1-4-6-16-34(5-2)43(36-17-9-7-10-18-36)37-28-24-32(25-29-37)31-22-26-35(27-23-31)42(3)41-30-33-15-13-14-19-38(33)39-20-11-8-12-21-40(39)41/h4-7,9-30H,2,8H2,1,3H3/b6-4-,34-16+. The topological polar surface area (TPSA) is 6.48 Å². The zero-order valence-electron chi connectivity index (χ0n) is 24.8. The normalized spacial score (nSPS) is 12.7. The lowest BCUT2D eigenvalue weighted by Crippen LogP contribution is -2.14. The van der Waals surface area contributed by atoms with Crippen molar-refractivity contribution in [3.8, 4) is 11.1 Å². The zero-order valence-corrected chi connectivity index (χ0v) is 24.8. The molecule has 6 rings (SSSR count). The average Bonchev–Trinajstić information content (AvgIpc) is 3.33. The van der Waals surface area contributed by atoms with Crippen LogP contribution in [0.25, 0.3) is 34.1 Å². The van der Waals surface area contributed by atoms with E-state index < -0.39 is 0 Å². The summed E-state index contributed by atoms with van der Waals surface area (Å²) in [6, 6.07) is 39.0. The molecule has 2 heteroatoms. The molecule has 0 spiro atoms. The van der Waals surface area contributed by atoms with Gasteiger partial charge in [-0.05, 0) is 95.4 Å². The molecule has 0 aliphatic heterocycles. The molecular formula is C41H36N2. The minimum atomic E-state index is 0.948. The molecule has 0 saturated heterocycles. The molecule has 0 fully saturated rings. The fraction of sp³-hybridized carbons (Fsp3) is 0.0732. The third-order valence-corrected chi connectivity index (χ3v) is 7.97. The molecular weight excluding hydrogens is 520 g/mol. The van der Waals surface area contributed by atoms with Crippen LogP contribution in [-0.2, 0) is 0 Å². The van der Waals surface area contributed by atoms with Gasteiger partial charge in [0, 0.05) is 41.1 Å². The van der Waals surface area contributed by atoms with Crippen molar-refractivity contribution in [1.82, 2.24) is 0 Å². The Hall–Kier alpha value is -5.34. The van der Waals surface area contributed by atoms with Gasteiger partial charge in [-0.1, -0.05) is 110 Å². The first kappa shape index (κ1) is 27.8. The van der Waals surface area contributed by atoms with Crippen molar-refractivity contribution in [3.05, 3.63) is 169 Å². The first-order chi connectivity index (χ1) is 21.2. The monoisotopic (exact) mass is 556 g/mol. The number of hydrogen-bond acceptors (Lipinski definition) is 2. The van der Waals surface area contributed by atoms with Crippen LogP contribution >= 0.6 is 0 Å². The van der Waals surface area contributed by atoms with Gasteiger partial charge in [0.05, 0.1) is 0 Å². The second-order valence-electron chi connectivity index (χ2n) is 10.6. The Morgan fingerprint density at radius 1 is 0.698 bits per heavy atom. The summed E-state index contributed by atoms with van der Waals surface area (Å²) in [6.45, 7) is 6.10. The highest BCUT2D eigenvalue weighted by Gasteiger charge is 2.16. The van der Waals surface area contributed by atoms with Crippen LogP contribution < -0.4 is 9.80 Å². The molecule has 0 saturated carbocycles.